The SMILES string of the molecule is O=P(c1ccc(-c2ccccc2)cc1)(c1ccc(-c2ccccc2)cc1)c1ccc2c(c1)[Si](c1ccccc1)(c1ccccc1)c1cc3c4ccccc4c4ccccc4c3cc1-2. The fourth-order valence-corrected chi connectivity index (χ4v) is 18.5. The van der Waals surface area contributed by atoms with Gasteiger partial charge in [-0.1, -0.05) is 237 Å². The predicted molar refractivity (Wildman–Crippen MR) is 272 cm³/mol. The van der Waals surface area contributed by atoms with Crippen LogP contribution in [-0.2, 0) is 4.57 Å². The van der Waals surface area contributed by atoms with Gasteiger partial charge < -0.3 is 4.57 Å². The first-order chi connectivity index (χ1) is 31.1. The molecule has 0 unspecified atom stereocenters. The summed E-state index contributed by atoms with van der Waals surface area (Å²) in [4.78, 5) is 0. The average molecular weight is 837 g/mol. The van der Waals surface area contributed by atoms with Gasteiger partial charge in [-0.25, -0.2) is 0 Å². The molecule has 0 saturated carbocycles. The molecule has 0 atom stereocenters. The van der Waals surface area contributed by atoms with E-state index in [1.54, 1.807) is 0 Å². The first kappa shape index (κ1) is 37.4. The Kier molecular flexibility index (Phi) is 8.86. The van der Waals surface area contributed by atoms with Crippen LogP contribution in [0.4, 0.5) is 0 Å². The van der Waals surface area contributed by atoms with Crippen molar-refractivity contribution in [2.45, 2.75) is 0 Å². The van der Waals surface area contributed by atoms with Crippen LogP contribution in [0.15, 0.2) is 249 Å². The van der Waals surface area contributed by atoms with Gasteiger partial charge in [-0.05, 0) is 98.6 Å². The molecule has 1 aliphatic rings. The third-order valence-corrected chi connectivity index (χ3v) is 21.3. The molecule has 0 amide bonds. The molecule has 1 nitrogen and oxygen atoms in total. The number of fused-ring (bicyclic) bond motifs is 9. The lowest BCUT2D eigenvalue weighted by Crippen LogP contribution is -2.73. The lowest BCUT2D eigenvalue weighted by Gasteiger charge is -2.32. The van der Waals surface area contributed by atoms with E-state index >= 15 is 4.57 Å². The second-order valence-corrected chi connectivity index (χ2v) is 23.2. The van der Waals surface area contributed by atoms with Gasteiger partial charge in [0.1, 0.15) is 0 Å². The summed E-state index contributed by atoms with van der Waals surface area (Å²) in [6.07, 6.45) is 0. The summed E-state index contributed by atoms with van der Waals surface area (Å²) in [6.45, 7) is 0. The highest BCUT2D eigenvalue weighted by atomic mass is 31.2. The van der Waals surface area contributed by atoms with Crippen LogP contribution in [0.25, 0.3) is 65.7 Å². The molecule has 0 spiro atoms. The van der Waals surface area contributed by atoms with Gasteiger partial charge in [0.25, 0.3) is 0 Å². The molecule has 0 aliphatic carbocycles. The molecule has 0 aromatic heterocycles. The van der Waals surface area contributed by atoms with Gasteiger partial charge >= 0.3 is 0 Å². The highest BCUT2D eigenvalue weighted by Crippen LogP contribution is 2.45. The van der Waals surface area contributed by atoms with E-state index in [2.05, 4.69) is 237 Å². The number of hydrogen-bond donors (Lipinski definition) is 0. The van der Waals surface area contributed by atoms with Crippen LogP contribution in [0, 0.1) is 0 Å². The molecule has 63 heavy (non-hydrogen) atoms. The number of hydrogen-bond acceptors (Lipinski definition) is 1. The van der Waals surface area contributed by atoms with Gasteiger partial charge in [-0.15, -0.1) is 0 Å². The van der Waals surface area contributed by atoms with E-state index in [4.69, 9.17) is 0 Å². The van der Waals surface area contributed by atoms with E-state index in [9.17, 15) is 0 Å². The zero-order valence-corrected chi connectivity index (χ0v) is 36.4. The molecule has 11 aromatic rings. The van der Waals surface area contributed by atoms with Crippen molar-refractivity contribution in [3.63, 3.8) is 0 Å². The molecular weight excluding hydrogens is 796 g/mol. The van der Waals surface area contributed by atoms with Crippen molar-refractivity contribution in [1.82, 2.24) is 0 Å². The summed E-state index contributed by atoms with van der Waals surface area (Å²) in [5.74, 6) is 0. The number of benzene rings is 11. The quantitative estimate of drug-likeness (QED) is 0.0888. The standard InChI is InChI=1S/C60H41OPSi/c61-62(46-33-29-44(30-34-46)42-17-5-1-6-18-42,47-35-31-45(32-36-47)43-19-7-2-8-20-43)48-37-38-55-58-40-56-53-27-15-13-25-51(53)52-26-14-16-28-54(52)57(56)41-60(58)63(59(55)39-48,49-21-9-3-10-22-49)50-23-11-4-12-24-50/h1-41H. The van der Waals surface area contributed by atoms with Gasteiger partial charge in [0.2, 0.25) is 0 Å². The van der Waals surface area contributed by atoms with Crippen molar-refractivity contribution >= 4 is 84.2 Å². The zero-order valence-electron chi connectivity index (χ0n) is 34.5. The Morgan fingerprint density at radius 3 is 1.08 bits per heavy atom. The Hall–Kier alpha value is -7.35. The maximum atomic E-state index is 16.8. The summed E-state index contributed by atoms with van der Waals surface area (Å²) in [6, 6.07) is 89.6. The number of rotatable bonds is 7. The van der Waals surface area contributed by atoms with E-state index in [0.29, 0.717) is 0 Å². The minimum atomic E-state index is -3.45. The second kappa shape index (κ2) is 14.9. The third kappa shape index (κ3) is 5.80. The van der Waals surface area contributed by atoms with Crippen molar-refractivity contribution in [3.8, 4) is 33.4 Å². The normalized spacial score (nSPS) is 13.0. The Balaban J connectivity index is 1.15. The Bertz CT molecular complexity index is 3420. The van der Waals surface area contributed by atoms with Gasteiger partial charge in [-0.3, -0.25) is 0 Å². The van der Waals surface area contributed by atoms with Crippen molar-refractivity contribution in [3.05, 3.63) is 249 Å². The summed E-state index contributed by atoms with van der Waals surface area (Å²) in [5, 5.41) is 15.3. The van der Waals surface area contributed by atoms with Crippen LogP contribution in [0.5, 0.6) is 0 Å². The largest absolute Gasteiger partial charge is 0.309 e. The molecule has 0 radical (unpaired) electrons. The van der Waals surface area contributed by atoms with E-state index in [1.807, 2.05) is 12.1 Å². The summed E-state index contributed by atoms with van der Waals surface area (Å²) < 4.78 is 16.8. The Labute approximate surface area is 369 Å². The summed E-state index contributed by atoms with van der Waals surface area (Å²) >= 11 is 0. The van der Waals surface area contributed by atoms with Crippen molar-refractivity contribution < 1.29 is 4.57 Å². The fourth-order valence-electron chi connectivity index (χ4n) is 10.5. The Morgan fingerprint density at radius 2 is 0.619 bits per heavy atom. The van der Waals surface area contributed by atoms with Gasteiger partial charge in [0, 0.05) is 15.9 Å². The molecule has 0 bridgehead atoms. The lowest BCUT2D eigenvalue weighted by atomic mass is 9.92. The maximum Gasteiger partial charge on any atom is 0.180 e. The van der Waals surface area contributed by atoms with Gasteiger partial charge in [0.05, 0.1) is 0 Å². The molecule has 296 valence electrons. The highest BCUT2D eigenvalue weighted by molar-refractivity contribution is 7.85. The first-order valence-corrected chi connectivity index (χ1v) is 25.4. The highest BCUT2D eigenvalue weighted by Gasteiger charge is 2.49. The Morgan fingerprint density at radius 1 is 0.270 bits per heavy atom. The molecule has 12 rings (SSSR count). The third-order valence-electron chi connectivity index (χ3n) is 13.4. The van der Waals surface area contributed by atoms with Crippen LogP contribution >= 0.6 is 7.14 Å². The van der Waals surface area contributed by atoms with E-state index in [0.717, 1.165) is 38.2 Å². The lowest BCUT2D eigenvalue weighted by molar-refractivity contribution is 0.592. The van der Waals surface area contributed by atoms with Crippen LogP contribution < -0.4 is 36.7 Å². The zero-order chi connectivity index (χ0) is 42.0. The fraction of sp³-hybridized carbons (Fsp3) is 0. The topological polar surface area (TPSA) is 17.1 Å². The van der Waals surface area contributed by atoms with Gasteiger partial charge in [-0.2, -0.15) is 0 Å². The maximum absolute atomic E-state index is 16.8. The average Bonchev–Trinajstić information content (AvgIpc) is 3.66. The van der Waals surface area contributed by atoms with Crippen molar-refractivity contribution in [2.24, 2.45) is 0 Å². The summed E-state index contributed by atoms with van der Waals surface area (Å²) in [7, 11) is -6.49. The minimum Gasteiger partial charge on any atom is -0.309 e. The van der Waals surface area contributed by atoms with E-state index in [1.165, 1.54) is 64.2 Å². The van der Waals surface area contributed by atoms with Crippen molar-refractivity contribution in [2.75, 3.05) is 0 Å². The molecule has 1 heterocycles. The molecular formula is C60H41OPSi. The van der Waals surface area contributed by atoms with E-state index < -0.39 is 15.2 Å². The molecule has 3 heteroatoms. The van der Waals surface area contributed by atoms with Crippen LogP contribution in [0.1, 0.15) is 0 Å². The molecule has 11 aromatic carbocycles. The van der Waals surface area contributed by atoms with Crippen LogP contribution in [0.2, 0.25) is 0 Å². The van der Waals surface area contributed by atoms with Gasteiger partial charge in [0.15, 0.2) is 15.2 Å². The smallest absolute Gasteiger partial charge is 0.180 e. The monoisotopic (exact) mass is 836 g/mol. The molecule has 0 saturated heterocycles. The second-order valence-electron chi connectivity index (χ2n) is 16.7. The first-order valence-electron chi connectivity index (χ1n) is 21.7. The molecule has 1 aliphatic heterocycles. The molecule has 0 fully saturated rings. The summed E-state index contributed by atoms with van der Waals surface area (Å²) in [5.41, 5.74) is 6.95. The van der Waals surface area contributed by atoms with Crippen LogP contribution in [0.3, 0.4) is 0 Å². The molecule has 0 N–H and O–H groups in total. The predicted octanol–water partition coefficient (Wildman–Crippen LogP) is 11.5. The van der Waals surface area contributed by atoms with E-state index in [-0.39, 0.29) is 0 Å². The minimum absolute atomic E-state index is 0.820. The van der Waals surface area contributed by atoms with Crippen LogP contribution in [-0.4, -0.2) is 8.07 Å². The van der Waals surface area contributed by atoms with Crippen molar-refractivity contribution in [1.29, 1.82) is 0 Å².